The SMILES string of the molecule is O=C(O)c1ccc(N2CCN(C(=O)C(F)C(O)(C(F)F)C(F)(F)F)CC2)nn1. The summed E-state index contributed by atoms with van der Waals surface area (Å²) in [4.78, 5) is 24.7. The number of piperazine rings is 1. The summed E-state index contributed by atoms with van der Waals surface area (Å²) in [5.74, 6) is -3.01. The second-order valence-corrected chi connectivity index (χ2v) is 5.88. The van der Waals surface area contributed by atoms with Gasteiger partial charge in [-0.3, -0.25) is 4.79 Å². The number of carbonyl (C=O) groups is 2. The van der Waals surface area contributed by atoms with Crippen molar-refractivity contribution < 1.29 is 46.1 Å². The highest BCUT2D eigenvalue weighted by Crippen LogP contribution is 2.40. The van der Waals surface area contributed by atoms with Crippen LogP contribution >= 0.6 is 0 Å². The van der Waals surface area contributed by atoms with Gasteiger partial charge < -0.3 is 20.0 Å². The van der Waals surface area contributed by atoms with Gasteiger partial charge in [0.1, 0.15) is 0 Å². The largest absolute Gasteiger partial charge is 0.476 e. The molecule has 1 aliphatic rings. The van der Waals surface area contributed by atoms with Crippen LogP contribution in [0.1, 0.15) is 10.5 Å². The van der Waals surface area contributed by atoms with Crippen molar-refractivity contribution in [3.05, 3.63) is 17.8 Å². The number of alkyl halides is 6. The number of aromatic carboxylic acids is 1. The van der Waals surface area contributed by atoms with Crippen molar-refractivity contribution in [3.8, 4) is 0 Å². The summed E-state index contributed by atoms with van der Waals surface area (Å²) < 4.78 is 77.5. The Hall–Kier alpha value is -2.64. The van der Waals surface area contributed by atoms with Gasteiger partial charge in [0.05, 0.1) is 0 Å². The first-order valence-corrected chi connectivity index (χ1v) is 7.71. The number of hydrogen-bond donors (Lipinski definition) is 2. The molecule has 2 unspecified atom stereocenters. The van der Waals surface area contributed by atoms with Gasteiger partial charge in [0.15, 0.2) is 11.5 Å². The Morgan fingerprint density at radius 1 is 1.04 bits per heavy atom. The van der Waals surface area contributed by atoms with Crippen molar-refractivity contribution in [2.24, 2.45) is 0 Å². The zero-order valence-electron chi connectivity index (χ0n) is 13.9. The highest BCUT2D eigenvalue weighted by molar-refractivity contribution is 5.85. The number of aliphatic hydroxyl groups is 1. The predicted octanol–water partition coefficient (Wildman–Crippen LogP) is 0.720. The van der Waals surface area contributed by atoms with Crippen molar-refractivity contribution in [2.75, 3.05) is 31.1 Å². The number of aromatic nitrogens is 2. The number of carboxylic acids is 1. The molecule has 0 saturated carbocycles. The first-order chi connectivity index (χ1) is 12.9. The summed E-state index contributed by atoms with van der Waals surface area (Å²) in [6, 6.07) is 2.47. The van der Waals surface area contributed by atoms with E-state index in [1.807, 2.05) is 0 Å². The van der Waals surface area contributed by atoms with Crippen LogP contribution in [0.4, 0.5) is 32.2 Å². The molecular weight excluding hydrogens is 402 g/mol. The summed E-state index contributed by atoms with van der Waals surface area (Å²) in [7, 11) is 0. The van der Waals surface area contributed by atoms with E-state index in [4.69, 9.17) is 10.2 Å². The molecule has 2 atom stereocenters. The Balaban J connectivity index is 2.05. The van der Waals surface area contributed by atoms with Gasteiger partial charge in [-0.2, -0.15) is 13.2 Å². The quantitative estimate of drug-likeness (QED) is 0.682. The molecule has 1 amide bonds. The summed E-state index contributed by atoms with van der Waals surface area (Å²) in [5, 5.41) is 25.0. The van der Waals surface area contributed by atoms with E-state index in [2.05, 4.69) is 10.2 Å². The van der Waals surface area contributed by atoms with Crippen LogP contribution in [0.15, 0.2) is 12.1 Å². The third kappa shape index (κ3) is 3.95. The smallest absolute Gasteiger partial charge is 0.426 e. The van der Waals surface area contributed by atoms with E-state index in [0.717, 1.165) is 6.07 Å². The Morgan fingerprint density at radius 3 is 2.00 bits per heavy atom. The van der Waals surface area contributed by atoms with Crippen LogP contribution < -0.4 is 4.90 Å². The Labute approximate surface area is 153 Å². The molecule has 2 N–H and O–H groups in total. The minimum Gasteiger partial charge on any atom is -0.476 e. The van der Waals surface area contributed by atoms with Gasteiger partial charge in [-0.25, -0.2) is 18.0 Å². The fraction of sp³-hybridized carbons (Fsp3) is 0.571. The topological polar surface area (TPSA) is 107 Å². The number of halogens is 6. The summed E-state index contributed by atoms with van der Waals surface area (Å²) in [6.07, 6.45) is -14.5. The van der Waals surface area contributed by atoms with Crippen molar-refractivity contribution >= 4 is 17.7 Å². The van der Waals surface area contributed by atoms with Crippen LogP contribution in [-0.4, -0.2) is 87.7 Å². The standard InChI is InChI=1S/C14H14F6N4O4/c15-9(13(28,12(16)17)14(18,19)20)10(25)24-5-3-23(4-6-24)8-2-1-7(11(26)27)21-22-8/h1-2,9,12,28H,3-6H2,(H,26,27). The maximum Gasteiger partial charge on any atom is 0.426 e. The number of hydrogen-bond acceptors (Lipinski definition) is 6. The first kappa shape index (κ1) is 21.7. The average Bonchev–Trinajstić information content (AvgIpc) is 2.65. The van der Waals surface area contributed by atoms with Crippen molar-refractivity contribution in [1.29, 1.82) is 0 Å². The number of carboxylic acid groups (broad SMARTS) is 1. The van der Waals surface area contributed by atoms with Crippen LogP contribution in [0.2, 0.25) is 0 Å². The molecule has 14 heteroatoms. The third-order valence-corrected chi connectivity index (χ3v) is 4.17. The molecule has 0 radical (unpaired) electrons. The van der Waals surface area contributed by atoms with Gasteiger partial charge >= 0.3 is 12.1 Å². The van der Waals surface area contributed by atoms with E-state index in [9.17, 15) is 35.9 Å². The zero-order valence-corrected chi connectivity index (χ0v) is 13.9. The van der Waals surface area contributed by atoms with Crippen molar-refractivity contribution in [1.82, 2.24) is 15.1 Å². The molecule has 1 saturated heterocycles. The Morgan fingerprint density at radius 2 is 1.61 bits per heavy atom. The summed E-state index contributed by atoms with van der Waals surface area (Å²) in [6.45, 7) is -0.783. The van der Waals surface area contributed by atoms with E-state index in [0.29, 0.717) is 4.90 Å². The van der Waals surface area contributed by atoms with Crippen LogP contribution in [0, 0.1) is 0 Å². The number of nitrogens with zero attached hydrogens (tertiary/aromatic N) is 4. The minimum absolute atomic E-state index is 0.0569. The highest BCUT2D eigenvalue weighted by atomic mass is 19.4. The molecule has 1 aromatic heterocycles. The number of anilines is 1. The maximum absolute atomic E-state index is 14.0. The van der Waals surface area contributed by atoms with E-state index in [-0.39, 0.29) is 37.7 Å². The first-order valence-electron chi connectivity index (χ1n) is 7.71. The third-order valence-electron chi connectivity index (χ3n) is 4.17. The lowest BCUT2D eigenvalue weighted by molar-refractivity contribution is -0.314. The van der Waals surface area contributed by atoms with Crippen molar-refractivity contribution in [2.45, 2.75) is 24.4 Å². The predicted molar refractivity (Wildman–Crippen MR) is 79.7 cm³/mol. The van der Waals surface area contributed by atoms with Crippen LogP contribution in [0.5, 0.6) is 0 Å². The fourth-order valence-corrected chi connectivity index (χ4v) is 2.49. The molecular formula is C14H14F6N4O4. The molecule has 28 heavy (non-hydrogen) atoms. The molecule has 0 bridgehead atoms. The lowest BCUT2D eigenvalue weighted by Gasteiger charge is -2.38. The average molecular weight is 416 g/mol. The van der Waals surface area contributed by atoms with Gasteiger partial charge in [-0.15, -0.1) is 10.2 Å². The van der Waals surface area contributed by atoms with Crippen molar-refractivity contribution in [3.63, 3.8) is 0 Å². The number of rotatable bonds is 5. The summed E-state index contributed by atoms with van der Waals surface area (Å²) in [5.41, 5.74) is -5.43. The van der Waals surface area contributed by atoms with Gasteiger partial charge in [0.25, 0.3) is 17.9 Å². The number of carbonyl (C=O) groups excluding carboxylic acids is 1. The normalized spacial score (nSPS) is 18.7. The van der Waals surface area contributed by atoms with Crippen LogP contribution in [-0.2, 0) is 4.79 Å². The lowest BCUT2D eigenvalue weighted by Crippen LogP contribution is -2.64. The molecule has 8 nitrogen and oxygen atoms in total. The molecule has 2 rings (SSSR count). The Kier molecular flexibility index (Phi) is 6.01. The summed E-state index contributed by atoms with van der Waals surface area (Å²) >= 11 is 0. The van der Waals surface area contributed by atoms with Gasteiger partial charge in [0, 0.05) is 26.2 Å². The number of amides is 1. The van der Waals surface area contributed by atoms with E-state index in [1.54, 1.807) is 0 Å². The van der Waals surface area contributed by atoms with E-state index >= 15 is 0 Å². The maximum atomic E-state index is 14.0. The molecule has 0 aliphatic carbocycles. The highest BCUT2D eigenvalue weighted by Gasteiger charge is 2.68. The molecule has 2 heterocycles. The van der Waals surface area contributed by atoms with Crippen LogP contribution in [0.25, 0.3) is 0 Å². The van der Waals surface area contributed by atoms with Crippen LogP contribution in [0.3, 0.4) is 0 Å². The fourth-order valence-electron chi connectivity index (χ4n) is 2.49. The van der Waals surface area contributed by atoms with Gasteiger partial charge in [-0.05, 0) is 12.1 Å². The second-order valence-electron chi connectivity index (χ2n) is 5.88. The molecule has 156 valence electrons. The monoisotopic (exact) mass is 416 g/mol. The molecule has 1 aromatic rings. The minimum atomic E-state index is -6.06. The Bertz CT molecular complexity index is 724. The lowest BCUT2D eigenvalue weighted by atomic mass is 9.96. The zero-order chi connectivity index (χ0) is 21.3. The van der Waals surface area contributed by atoms with Gasteiger partial charge in [0.2, 0.25) is 6.17 Å². The van der Waals surface area contributed by atoms with E-state index < -0.39 is 36.3 Å². The van der Waals surface area contributed by atoms with Gasteiger partial charge in [-0.1, -0.05) is 0 Å². The second kappa shape index (κ2) is 7.77. The van der Waals surface area contributed by atoms with E-state index in [1.165, 1.54) is 11.0 Å². The molecule has 0 aromatic carbocycles. The molecule has 1 aliphatic heterocycles. The molecule has 1 fully saturated rings. The molecule has 0 spiro atoms.